The van der Waals surface area contributed by atoms with Crippen LogP contribution >= 0.6 is 0 Å². The smallest absolute Gasteiger partial charge is 0.179 e. The Hall–Kier alpha value is -1.97. The number of hydrogen-bond donors (Lipinski definition) is 1. The van der Waals surface area contributed by atoms with Gasteiger partial charge in [0, 0.05) is 24.3 Å². The number of nitrogens with two attached hydrogens (primary N) is 1. The number of allylic oxidation sites excluding steroid dienone is 3. The maximum atomic E-state index is 6.04. The summed E-state index contributed by atoms with van der Waals surface area (Å²) < 4.78 is 0. The minimum Gasteiger partial charge on any atom is -0.400 e. The van der Waals surface area contributed by atoms with Crippen LogP contribution in [0.4, 0.5) is 0 Å². The minimum atomic E-state index is 0.205. The summed E-state index contributed by atoms with van der Waals surface area (Å²) in [5, 5.41) is 0. The van der Waals surface area contributed by atoms with Crippen LogP contribution in [0, 0.1) is 5.92 Å². The van der Waals surface area contributed by atoms with Crippen molar-refractivity contribution in [2.75, 3.05) is 0 Å². The first-order valence-electron chi connectivity index (χ1n) is 5.59. The van der Waals surface area contributed by atoms with Crippen molar-refractivity contribution in [1.29, 1.82) is 0 Å². The molecule has 0 aliphatic rings. The van der Waals surface area contributed by atoms with Crippen molar-refractivity contribution in [3.63, 3.8) is 0 Å². The lowest BCUT2D eigenvalue weighted by Crippen LogP contribution is -2.09. The Labute approximate surface area is 102 Å². The molecule has 4 heteroatoms. The fraction of sp³-hybridized carbons (Fsp3) is 0.308. The second-order valence-corrected chi connectivity index (χ2v) is 3.84. The van der Waals surface area contributed by atoms with E-state index in [-0.39, 0.29) is 5.92 Å². The minimum absolute atomic E-state index is 0.205. The largest absolute Gasteiger partial charge is 0.400 e. The van der Waals surface area contributed by atoms with Gasteiger partial charge in [0.1, 0.15) is 5.70 Å². The van der Waals surface area contributed by atoms with Crippen LogP contribution in [-0.4, -0.2) is 16.2 Å². The van der Waals surface area contributed by atoms with Crippen LogP contribution in [0.25, 0.3) is 5.70 Å². The Morgan fingerprint density at radius 2 is 2.00 bits per heavy atom. The summed E-state index contributed by atoms with van der Waals surface area (Å²) in [5.74, 6) is 0.760. The molecule has 0 atom stereocenters. The zero-order valence-electron chi connectivity index (χ0n) is 10.5. The molecule has 2 N–H and O–H groups in total. The average Bonchev–Trinajstić information content (AvgIpc) is 2.35. The summed E-state index contributed by atoms with van der Waals surface area (Å²) in [5.41, 5.74) is 7.37. The van der Waals surface area contributed by atoms with Gasteiger partial charge in [0.25, 0.3) is 0 Å². The first kappa shape index (κ1) is 13.1. The molecule has 1 rings (SSSR count). The van der Waals surface area contributed by atoms with E-state index < -0.39 is 0 Å². The third-order valence-corrected chi connectivity index (χ3v) is 2.16. The summed E-state index contributed by atoms with van der Waals surface area (Å²) >= 11 is 0. The highest BCUT2D eigenvalue weighted by Crippen LogP contribution is 2.18. The second-order valence-electron chi connectivity index (χ2n) is 3.84. The van der Waals surface area contributed by atoms with Crippen molar-refractivity contribution in [3.05, 3.63) is 42.1 Å². The summed E-state index contributed by atoms with van der Waals surface area (Å²) in [6.07, 6.45) is 8.80. The molecular formula is C13H18N4. The van der Waals surface area contributed by atoms with E-state index in [0.29, 0.717) is 17.2 Å². The van der Waals surface area contributed by atoms with Crippen LogP contribution in [0.2, 0.25) is 0 Å². The van der Waals surface area contributed by atoms with E-state index in [9.17, 15) is 0 Å². The van der Waals surface area contributed by atoms with Crippen molar-refractivity contribution in [2.45, 2.75) is 20.8 Å². The topological polar surface area (TPSA) is 64.2 Å². The van der Waals surface area contributed by atoms with E-state index >= 15 is 0 Å². The van der Waals surface area contributed by atoms with E-state index in [1.165, 1.54) is 0 Å². The molecule has 0 saturated heterocycles. The summed E-state index contributed by atoms with van der Waals surface area (Å²) in [6.45, 7) is 5.97. The van der Waals surface area contributed by atoms with Crippen LogP contribution in [-0.2, 0) is 0 Å². The Bertz CT molecular complexity index is 430. The molecule has 1 heterocycles. The lowest BCUT2D eigenvalue weighted by Gasteiger charge is -2.09. The number of aliphatic imine (C=N–C) groups is 1. The molecule has 0 saturated carbocycles. The third-order valence-electron chi connectivity index (χ3n) is 2.16. The molecule has 0 radical (unpaired) electrons. The maximum absolute atomic E-state index is 6.04. The Balaban J connectivity index is 3.17. The fourth-order valence-electron chi connectivity index (χ4n) is 1.16. The van der Waals surface area contributed by atoms with Crippen molar-refractivity contribution in [2.24, 2.45) is 16.6 Å². The molecule has 0 amide bonds. The van der Waals surface area contributed by atoms with Crippen LogP contribution < -0.4 is 5.73 Å². The maximum Gasteiger partial charge on any atom is 0.179 e. The van der Waals surface area contributed by atoms with Gasteiger partial charge < -0.3 is 5.73 Å². The molecule has 0 unspecified atom stereocenters. The van der Waals surface area contributed by atoms with Gasteiger partial charge in [0.15, 0.2) is 5.82 Å². The van der Waals surface area contributed by atoms with Crippen LogP contribution in [0.5, 0.6) is 0 Å². The standard InChI is InChI=1S/C13H18N4/c1-4-5-7-15-12(11(14)10(2)3)13-16-8-6-9-17-13/h4-10H,14H2,1-3H3/b5-4-,12-11-,15-7-. The van der Waals surface area contributed by atoms with Gasteiger partial charge in [-0.2, -0.15) is 0 Å². The molecule has 0 aromatic carbocycles. The number of rotatable bonds is 4. The van der Waals surface area contributed by atoms with Gasteiger partial charge in [0.05, 0.1) is 0 Å². The van der Waals surface area contributed by atoms with Gasteiger partial charge in [-0.15, -0.1) is 0 Å². The first-order chi connectivity index (χ1) is 8.16. The molecule has 0 spiro atoms. The zero-order chi connectivity index (χ0) is 12.7. The van der Waals surface area contributed by atoms with Gasteiger partial charge in [-0.1, -0.05) is 19.9 Å². The predicted octanol–water partition coefficient (Wildman–Crippen LogP) is 2.41. The van der Waals surface area contributed by atoms with E-state index in [0.717, 1.165) is 0 Å². The van der Waals surface area contributed by atoms with Gasteiger partial charge in [-0.25, -0.2) is 9.97 Å². The lowest BCUT2D eigenvalue weighted by atomic mass is 10.1. The highest BCUT2D eigenvalue weighted by Gasteiger charge is 2.10. The zero-order valence-corrected chi connectivity index (χ0v) is 10.5. The van der Waals surface area contributed by atoms with Gasteiger partial charge in [-0.05, 0) is 25.0 Å². The molecule has 0 aliphatic carbocycles. The van der Waals surface area contributed by atoms with Crippen molar-refractivity contribution < 1.29 is 0 Å². The molecule has 0 aliphatic heterocycles. The van der Waals surface area contributed by atoms with Crippen molar-refractivity contribution in [1.82, 2.24) is 9.97 Å². The van der Waals surface area contributed by atoms with Gasteiger partial charge in [-0.3, -0.25) is 4.99 Å². The Morgan fingerprint density at radius 1 is 1.35 bits per heavy atom. The highest BCUT2D eigenvalue weighted by molar-refractivity contribution is 5.79. The predicted molar refractivity (Wildman–Crippen MR) is 71.3 cm³/mol. The molecule has 17 heavy (non-hydrogen) atoms. The molecular weight excluding hydrogens is 212 g/mol. The number of aromatic nitrogens is 2. The van der Waals surface area contributed by atoms with E-state index in [1.807, 2.05) is 32.9 Å². The average molecular weight is 230 g/mol. The molecule has 0 bridgehead atoms. The Morgan fingerprint density at radius 3 is 2.53 bits per heavy atom. The van der Waals surface area contributed by atoms with E-state index in [2.05, 4.69) is 15.0 Å². The monoisotopic (exact) mass is 230 g/mol. The van der Waals surface area contributed by atoms with E-state index in [4.69, 9.17) is 5.73 Å². The highest BCUT2D eigenvalue weighted by atomic mass is 14.9. The lowest BCUT2D eigenvalue weighted by molar-refractivity contribution is 0.756. The fourth-order valence-corrected chi connectivity index (χ4v) is 1.16. The quantitative estimate of drug-likeness (QED) is 0.808. The van der Waals surface area contributed by atoms with Crippen LogP contribution in [0.15, 0.2) is 41.3 Å². The summed E-state index contributed by atoms with van der Waals surface area (Å²) in [6, 6.07) is 1.77. The van der Waals surface area contributed by atoms with E-state index in [1.54, 1.807) is 24.7 Å². The normalized spacial score (nSPS) is 13.6. The molecule has 4 nitrogen and oxygen atoms in total. The molecule has 0 fully saturated rings. The summed E-state index contributed by atoms with van der Waals surface area (Å²) in [4.78, 5) is 12.7. The van der Waals surface area contributed by atoms with Gasteiger partial charge in [0.2, 0.25) is 0 Å². The number of nitrogens with zero attached hydrogens (tertiary/aromatic N) is 3. The number of hydrogen-bond acceptors (Lipinski definition) is 4. The van der Waals surface area contributed by atoms with Gasteiger partial charge >= 0.3 is 0 Å². The van der Waals surface area contributed by atoms with Crippen molar-refractivity contribution >= 4 is 11.9 Å². The SMILES string of the molecule is C\C=C/C=N\C(=C(/N)C(C)C)c1ncccn1. The molecule has 1 aromatic rings. The molecule has 1 aromatic heterocycles. The first-order valence-corrected chi connectivity index (χ1v) is 5.59. The second kappa shape index (κ2) is 6.58. The Kier molecular flexibility index (Phi) is 5.07. The summed E-state index contributed by atoms with van der Waals surface area (Å²) in [7, 11) is 0. The third kappa shape index (κ3) is 3.83. The molecule has 90 valence electrons. The van der Waals surface area contributed by atoms with Crippen LogP contribution in [0.1, 0.15) is 26.6 Å². The van der Waals surface area contributed by atoms with Crippen LogP contribution in [0.3, 0.4) is 0 Å². The van der Waals surface area contributed by atoms with Crippen molar-refractivity contribution in [3.8, 4) is 0 Å².